The number of aliphatic hydroxyl groups excluding tert-OH is 1. The third kappa shape index (κ3) is 3.27. The average Bonchev–Trinajstić information content (AvgIpc) is 2.80. The van der Waals surface area contributed by atoms with Crippen molar-refractivity contribution in [1.82, 2.24) is 20.2 Å². The van der Waals surface area contributed by atoms with E-state index in [9.17, 15) is 0 Å². The van der Waals surface area contributed by atoms with Gasteiger partial charge in [-0.25, -0.2) is 0 Å². The van der Waals surface area contributed by atoms with E-state index in [2.05, 4.69) is 15.4 Å². The van der Waals surface area contributed by atoms with Gasteiger partial charge in [0.25, 0.3) is 0 Å². The summed E-state index contributed by atoms with van der Waals surface area (Å²) in [5, 5.41) is 20.5. The molecule has 18 heavy (non-hydrogen) atoms. The van der Waals surface area contributed by atoms with Crippen LogP contribution < -0.4 is 4.74 Å². The fraction of sp³-hybridized carbons (Fsp3) is 0.417. The monoisotopic (exact) mass is 248 g/mol. The molecule has 2 rings (SSSR count). The molecular weight excluding hydrogens is 232 g/mol. The Kier molecular flexibility index (Phi) is 4.25. The lowest BCUT2D eigenvalue weighted by molar-refractivity contribution is 0.258. The lowest BCUT2D eigenvalue weighted by atomic mass is 10.2. The van der Waals surface area contributed by atoms with Gasteiger partial charge in [-0.3, -0.25) is 0 Å². The van der Waals surface area contributed by atoms with Crippen molar-refractivity contribution in [1.29, 1.82) is 0 Å². The van der Waals surface area contributed by atoms with Gasteiger partial charge in [-0.05, 0) is 23.8 Å². The highest BCUT2D eigenvalue weighted by Gasteiger charge is 2.03. The standard InChI is InChI=1S/C12H16N4O2/c1-10-4-2-3-5-11(10)18-9-6-12-13-15-16(14-12)7-8-17/h2-5,17H,6-9H2,1H3. The molecule has 0 aliphatic carbocycles. The van der Waals surface area contributed by atoms with E-state index in [0.717, 1.165) is 11.3 Å². The summed E-state index contributed by atoms with van der Waals surface area (Å²) in [5.41, 5.74) is 1.11. The zero-order valence-corrected chi connectivity index (χ0v) is 10.3. The lowest BCUT2D eigenvalue weighted by Crippen LogP contribution is -2.07. The molecule has 2 aromatic rings. The van der Waals surface area contributed by atoms with Gasteiger partial charge in [-0.15, -0.1) is 10.2 Å². The Hall–Kier alpha value is -1.95. The zero-order valence-electron chi connectivity index (χ0n) is 10.3. The molecule has 0 amide bonds. The maximum absolute atomic E-state index is 8.73. The molecule has 0 aliphatic rings. The highest BCUT2D eigenvalue weighted by Crippen LogP contribution is 2.15. The van der Waals surface area contributed by atoms with Crippen molar-refractivity contribution in [2.24, 2.45) is 0 Å². The molecule has 0 aliphatic heterocycles. The van der Waals surface area contributed by atoms with E-state index in [1.165, 1.54) is 4.80 Å². The van der Waals surface area contributed by atoms with Gasteiger partial charge in [-0.2, -0.15) is 4.80 Å². The van der Waals surface area contributed by atoms with Crippen LogP contribution in [0.3, 0.4) is 0 Å². The molecular formula is C12H16N4O2. The van der Waals surface area contributed by atoms with Crippen LogP contribution in [-0.2, 0) is 13.0 Å². The lowest BCUT2D eigenvalue weighted by Gasteiger charge is -2.06. The van der Waals surface area contributed by atoms with Gasteiger partial charge in [0.15, 0.2) is 5.82 Å². The third-order valence-corrected chi connectivity index (χ3v) is 2.47. The second kappa shape index (κ2) is 6.11. The van der Waals surface area contributed by atoms with E-state index in [-0.39, 0.29) is 6.61 Å². The van der Waals surface area contributed by atoms with Gasteiger partial charge < -0.3 is 9.84 Å². The van der Waals surface area contributed by atoms with Gasteiger partial charge in [-0.1, -0.05) is 18.2 Å². The van der Waals surface area contributed by atoms with E-state index in [1.54, 1.807) is 0 Å². The first-order valence-electron chi connectivity index (χ1n) is 5.85. The molecule has 0 radical (unpaired) electrons. The summed E-state index contributed by atoms with van der Waals surface area (Å²) >= 11 is 0. The molecule has 0 saturated heterocycles. The van der Waals surface area contributed by atoms with Crippen molar-refractivity contribution in [3.8, 4) is 5.75 Å². The van der Waals surface area contributed by atoms with Gasteiger partial charge in [0.2, 0.25) is 0 Å². The summed E-state index contributed by atoms with van der Waals surface area (Å²) < 4.78 is 5.64. The van der Waals surface area contributed by atoms with Crippen molar-refractivity contribution in [3.05, 3.63) is 35.7 Å². The first-order chi connectivity index (χ1) is 8.79. The van der Waals surface area contributed by atoms with Crippen molar-refractivity contribution >= 4 is 0 Å². The van der Waals surface area contributed by atoms with Gasteiger partial charge >= 0.3 is 0 Å². The molecule has 0 atom stereocenters. The van der Waals surface area contributed by atoms with Crippen LogP contribution in [0.1, 0.15) is 11.4 Å². The van der Waals surface area contributed by atoms with Crippen LogP contribution in [0.4, 0.5) is 0 Å². The van der Waals surface area contributed by atoms with Gasteiger partial charge in [0.05, 0.1) is 19.8 Å². The Balaban J connectivity index is 1.83. The zero-order chi connectivity index (χ0) is 12.8. The number of aliphatic hydroxyl groups is 1. The predicted octanol–water partition coefficient (Wildman–Crippen LogP) is 0.595. The number of hydrogen-bond donors (Lipinski definition) is 1. The highest BCUT2D eigenvalue weighted by atomic mass is 16.5. The molecule has 0 spiro atoms. The summed E-state index contributed by atoms with van der Waals surface area (Å²) in [6.07, 6.45) is 0.597. The highest BCUT2D eigenvalue weighted by molar-refractivity contribution is 5.31. The first-order valence-corrected chi connectivity index (χ1v) is 5.85. The van der Waals surface area contributed by atoms with E-state index >= 15 is 0 Å². The minimum atomic E-state index is 0.00943. The Labute approximate surface area is 105 Å². The molecule has 0 saturated carbocycles. The second-order valence-electron chi connectivity index (χ2n) is 3.89. The average molecular weight is 248 g/mol. The van der Waals surface area contributed by atoms with Gasteiger partial charge in [0.1, 0.15) is 5.75 Å². The fourth-order valence-corrected chi connectivity index (χ4v) is 1.53. The van der Waals surface area contributed by atoms with Crippen molar-refractivity contribution < 1.29 is 9.84 Å². The van der Waals surface area contributed by atoms with E-state index in [0.29, 0.717) is 25.4 Å². The van der Waals surface area contributed by atoms with Crippen molar-refractivity contribution in [3.63, 3.8) is 0 Å². The number of benzene rings is 1. The number of nitrogens with zero attached hydrogens (tertiary/aromatic N) is 4. The molecule has 0 bridgehead atoms. The molecule has 0 fully saturated rings. The third-order valence-electron chi connectivity index (χ3n) is 2.47. The molecule has 96 valence electrons. The normalized spacial score (nSPS) is 10.6. The smallest absolute Gasteiger partial charge is 0.178 e. The summed E-state index contributed by atoms with van der Waals surface area (Å²) in [4.78, 5) is 1.38. The quantitative estimate of drug-likeness (QED) is 0.810. The van der Waals surface area contributed by atoms with E-state index in [1.807, 2.05) is 31.2 Å². The predicted molar refractivity (Wildman–Crippen MR) is 65.3 cm³/mol. The topological polar surface area (TPSA) is 73.1 Å². The Bertz CT molecular complexity index is 498. The molecule has 1 aromatic carbocycles. The van der Waals surface area contributed by atoms with Crippen molar-refractivity contribution in [2.75, 3.05) is 13.2 Å². The number of ether oxygens (including phenoxy) is 1. The molecule has 0 unspecified atom stereocenters. The van der Waals surface area contributed by atoms with Crippen LogP contribution in [0.2, 0.25) is 0 Å². The van der Waals surface area contributed by atoms with Crippen molar-refractivity contribution in [2.45, 2.75) is 19.9 Å². The maximum atomic E-state index is 8.73. The maximum Gasteiger partial charge on any atom is 0.178 e. The molecule has 1 heterocycles. The SMILES string of the molecule is Cc1ccccc1OCCc1nnn(CCO)n1. The Morgan fingerprint density at radius 2 is 2.17 bits per heavy atom. The molecule has 1 N–H and O–H groups in total. The number of hydrogen-bond acceptors (Lipinski definition) is 5. The minimum absolute atomic E-state index is 0.00943. The number of rotatable bonds is 6. The number of para-hydroxylation sites is 1. The summed E-state index contributed by atoms with van der Waals surface area (Å²) in [6.45, 7) is 2.89. The van der Waals surface area contributed by atoms with Crippen LogP contribution in [-0.4, -0.2) is 38.5 Å². The number of aryl methyl sites for hydroxylation is 1. The van der Waals surface area contributed by atoms with Crippen LogP contribution in [0, 0.1) is 6.92 Å². The minimum Gasteiger partial charge on any atom is -0.493 e. The number of tetrazole rings is 1. The van der Waals surface area contributed by atoms with E-state index < -0.39 is 0 Å². The number of aromatic nitrogens is 4. The first kappa shape index (κ1) is 12.5. The fourth-order valence-electron chi connectivity index (χ4n) is 1.53. The molecule has 6 nitrogen and oxygen atoms in total. The van der Waals surface area contributed by atoms with Gasteiger partial charge in [0, 0.05) is 6.42 Å². The second-order valence-corrected chi connectivity index (χ2v) is 3.89. The summed E-state index contributed by atoms with van der Waals surface area (Å²) in [5.74, 6) is 1.50. The molecule has 1 aromatic heterocycles. The van der Waals surface area contributed by atoms with Crippen LogP contribution in [0.15, 0.2) is 24.3 Å². The largest absolute Gasteiger partial charge is 0.493 e. The molecule has 6 heteroatoms. The summed E-state index contributed by atoms with van der Waals surface area (Å²) in [7, 11) is 0. The van der Waals surface area contributed by atoms with E-state index in [4.69, 9.17) is 9.84 Å². The van der Waals surface area contributed by atoms with Crippen LogP contribution in [0.5, 0.6) is 5.75 Å². The Morgan fingerprint density at radius 3 is 2.94 bits per heavy atom. The Morgan fingerprint density at radius 1 is 1.33 bits per heavy atom. The van der Waals surface area contributed by atoms with Crippen LogP contribution in [0.25, 0.3) is 0 Å². The van der Waals surface area contributed by atoms with Crippen LogP contribution >= 0.6 is 0 Å². The summed E-state index contributed by atoms with van der Waals surface area (Å²) in [6, 6.07) is 7.86.